The van der Waals surface area contributed by atoms with E-state index in [1.165, 1.54) is 0 Å². The number of rotatable bonds is 25. The molecular weight excluding hydrogens is 935 g/mol. The lowest BCUT2D eigenvalue weighted by Gasteiger charge is -2.47. The summed E-state index contributed by atoms with van der Waals surface area (Å²) in [6, 6.07) is 68.8. The molecule has 2 fully saturated rings. The van der Waals surface area contributed by atoms with Crippen molar-refractivity contribution >= 4 is 0 Å². The van der Waals surface area contributed by atoms with Gasteiger partial charge in [0.25, 0.3) is 0 Å². The van der Waals surface area contributed by atoms with Crippen LogP contribution in [-0.4, -0.2) is 79.7 Å². The molecule has 10 atom stereocenters. The number of hydrogen-bond donors (Lipinski definition) is 1. The minimum atomic E-state index is -1.44. The molecule has 2 aliphatic heterocycles. The monoisotopic (exact) mass is 997 g/mol. The Hall–Kier alpha value is -6.41. The summed E-state index contributed by atoms with van der Waals surface area (Å²) in [5.41, 5.74) is 6.84. The van der Waals surface area contributed by atoms with Gasteiger partial charge in [0, 0.05) is 0 Å². The van der Waals surface area contributed by atoms with Crippen molar-refractivity contribution in [1.82, 2.24) is 0 Å². The maximum Gasteiger partial charge on any atom is 0.187 e. The van der Waals surface area contributed by atoms with Crippen LogP contribution in [0, 0.1) is 11.3 Å². The van der Waals surface area contributed by atoms with Gasteiger partial charge in [-0.3, -0.25) is 0 Å². The van der Waals surface area contributed by atoms with Crippen molar-refractivity contribution < 1.29 is 52.5 Å². The summed E-state index contributed by atoms with van der Waals surface area (Å²) in [6.45, 7) is 1.39. The molecule has 2 aliphatic rings. The highest BCUT2D eigenvalue weighted by molar-refractivity contribution is 5.37. The van der Waals surface area contributed by atoms with E-state index in [2.05, 4.69) is 6.07 Å². The molecule has 0 spiro atoms. The summed E-state index contributed by atoms with van der Waals surface area (Å²) in [6.07, 6.45) is -9.33. The topological polar surface area (TPSA) is 136 Å². The van der Waals surface area contributed by atoms with E-state index in [0.717, 1.165) is 33.4 Å². The predicted molar refractivity (Wildman–Crippen MR) is 276 cm³/mol. The highest BCUT2D eigenvalue weighted by Gasteiger charge is 2.52. The third-order valence-electron chi connectivity index (χ3n) is 13.0. The van der Waals surface area contributed by atoms with Crippen molar-refractivity contribution in [2.45, 2.75) is 108 Å². The van der Waals surface area contributed by atoms with E-state index >= 15 is 0 Å². The Kier molecular flexibility index (Phi) is 19.7. The third-order valence-corrected chi connectivity index (χ3v) is 13.0. The molecule has 2 heterocycles. The van der Waals surface area contributed by atoms with Crippen LogP contribution in [0.5, 0.6) is 0 Å². The highest BCUT2D eigenvalue weighted by atomic mass is 16.7. The second-order valence-corrected chi connectivity index (χ2v) is 18.3. The fraction of sp³-hybridized carbons (Fsp3) is 0.306. The van der Waals surface area contributed by atoms with Gasteiger partial charge in [0.15, 0.2) is 12.6 Å². The molecule has 9 rings (SSSR count). The van der Waals surface area contributed by atoms with Crippen molar-refractivity contribution in [3.8, 4) is 6.07 Å². The predicted octanol–water partition coefficient (Wildman–Crippen LogP) is 10.0. The number of aliphatic hydroxyl groups excluding tert-OH is 1. The minimum Gasteiger partial charge on any atom is -0.374 e. The molecule has 7 aromatic rings. The number of ether oxygens (including phenoxy) is 10. The van der Waals surface area contributed by atoms with Crippen LogP contribution in [0.25, 0.3) is 0 Å². The first-order valence-electron chi connectivity index (χ1n) is 25.2. The smallest absolute Gasteiger partial charge is 0.187 e. The van der Waals surface area contributed by atoms with E-state index in [4.69, 9.17) is 47.4 Å². The summed E-state index contributed by atoms with van der Waals surface area (Å²) in [5, 5.41) is 22.1. The first kappa shape index (κ1) is 52.5. The lowest BCUT2D eigenvalue weighted by atomic mass is 9.96. The molecule has 7 aromatic carbocycles. The van der Waals surface area contributed by atoms with Gasteiger partial charge >= 0.3 is 0 Å². The molecule has 0 radical (unpaired) electrons. The molecule has 0 bridgehead atoms. The number of benzene rings is 7. The molecule has 0 amide bonds. The molecule has 2 saturated heterocycles. The lowest BCUT2D eigenvalue weighted by molar-refractivity contribution is -0.349. The summed E-state index contributed by atoms with van der Waals surface area (Å²) < 4.78 is 67.8. The van der Waals surface area contributed by atoms with Crippen molar-refractivity contribution in [2.75, 3.05) is 13.2 Å². The van der Waals surface area contributed by atoms with E-state index in [1.54, 1.807) is 6.07 Å². The van der Waals surface area contributed by atoms with Gasteiger partial charge in [0.1, 0.15) is 48.8 Å². The molecule has 0 unspecified atom stereocenters. The van der Waals surface area contributed by atoms with Crippen LogP contribution < -0.4 is 0 Å². The fourth-order valence-corrected chi connectivity index (χ4v) is 9.14. The first-order chi connectivity index (χ1) is 36.6. The minimum absolute atomic E-state index is 0.0285. The van der Waals surface area contributed by atoms with Crippen LogP contribution >= 0.6 is 0 Å². The van der Waals surface area contributed by atoms with Crippen LogP contribution in [0.1, 0.15) is 44.5 Å². The number of nitrogens with zero attached hydrogens (tertiary/aromatic N) is 1. The van der Waals surface area contributed by atoms with Crippen molar-refractivity contribution in [2.24, 2.45) is 0 Å². The lowest BCUT2D eigenvalue weighted by Crippen LogP contribution is -2.63. The molecular formula is C62H63NO11. The molecule has 0 saturated carbocycles. The Labute approximate surface area is 433 Å². The second-order valence-electron chi connectivity index (χ2n) is 18.3. The maximum atomic E-state index is 12.0. The molecule has 12 heteroatoms. The van der Waals surface area contributed by atoms with Crippen LogP contribution in [0.15, 0.2) is 206 Å². The SMILES string of the molecule is N#Cc1ccccc1CO[C@H]1[C@H](OC[C@H]2O[C@H](O)[C@H](OCc3ccccc3)[C@@H](OCc3ccccc3)[C@@H]2OCc2ccccc2)O[C@H](COCc2ccccc2)[C@@H](OCc2ccccc2)[C@@H]1OCc1ccccc1. The fourth-order valence-electron chi connectivity index (χ4n) is 9.14. The molecule has 12 nitrogen and oxygen atoms in total. The van der Waals surface area contributed by atoms with Gasteiger partial charge in [-0.2, -0.15) is 5.26 Å². The zero-order chi connectivity index (χ0) is 50.6. The zero-order valence-electron chi connectivity index (χ0n) is 41.2. The van der Waals surface area contributed by atoms with Crippen molar-refractivity contribution in [3.63, 3.8) is 0 Å². The average Bonchev–Trinajstić information content (AvgIpc) is 3.46. The highest BCUT2D eigenvalue weighted by Crippen LogP contribution is 2.35. The number of aliphatic hydroxyl groups is 1. The number of hydrogen-bond acceptors (Lipinski definition) is 12. The van der Waals surface area contributed by atoms with Gasteiger partial charge < -0.3 is 52.5 Å². The zero-order valence-corrected chi connectivity index (χ0v) is 41.2. The van der Waals surface area contributed by atoms with Gasteiger partial charge in [-0.1, -0.05) is 200 Å². The van der Waals surface area contributed by atoms with E-state index < -0.39 is 61.4 Å². The number of nitriles is 1. The Balaban J connectivity index is 1.05. The normalized spacial score (nSPS) is 23.7. The van der Waals surface area contributed by atoms with E-state index in [-0.39, 0.29) is 52.9 Å². The van der Waals surface area contributed by atoms with Gasteiger partial charge in [-0.25, -0.2) is 0 Å². The van der Waals surface area contributed by atoms with Crippen LogP contribution in [-0.2, 0) is 93.6 Å². The van der Waals surface area contributed by atoms with Gasteiger partial charge in [0.2, 0.25) is 0 Å². The van der Waals surface area contributed by atoms with Gasteiger partial charge in [0.05, 0.1) is 71.1 Å². The summed E-state index contributed by atoms with van der Waals surface area (Å²) in [4.78, 5) is 0. The van der Waals surface area contributed by atoms with Crippen LogP contribution in [0.3, 0.4) is 0 Å². The first-order valence-corrected chi connectivity index (χ1v) is 25.2. The van der Waals surface area contributed by atoms with Crippen LogP contribution in [0.2, 0.25) is 0 Å². The third kappa shape index (κ3) is 14.9. The quantitative estimate of drug-likeness (QED) is 0.0584. The Morgan fingerprint density at radius 1 is 0.351 bits per heavy atom. The van der Waals surface area contributed by atoms with E-state index in [0.29, 0.717) is 17.7 Å². The second kappa shape index (κ2) is 27.8. The molecule has 1 N–H and O–H groups in total. The summed E-state index contributed by atoms with van der Waals surface area (Å²) in [5.74, 6) is 0. The standard InChI is InChI=1S/C62H63NO11/c63-35-51-33-19-20-34-52(51)42-71-60-58(69-40-49-29-15-5-16-30-49)55(66-37-46-23-9-2-10-24-46)53(43-65-36-45-21-7-1-8-22-45)74-62(60)72-44-54-56(67-38-47-25-11-3-12-26-47)57(68-39-48-27-13-4-14-28-48)59(61(64)73-54)70-41-50-31-17-6-18-32-50/h1-34,53-62,64H,36-44H2/t53-,54-,55-,56-,57+,58+,59-,60-,61+,62-/m1/s1. The van der Waals surface area contributed by atoms with Crippen molar-refractivity contribution in [3.05, 3.63) is 251 Å². The van der Waals surface area contributed by atoms with Crippen LogP contribution in [0.4, 0.5) is 0 Å². The Bertz CT molecular complexity index is 2720. The molecule has 74 heavy (non-hydrogen) atoms. The molecule has 0 aliphatic carbocycles. The Morgan fingerprint density at radius 2 is 0.703 bits per heavy atom. The van der Waals surface area contributed by atoms with Gasteiger partial charge in [-0.05, 0) is 45.0 Å². The summed E-state index contributed by atoms with van der Waals surface area (Å²) in [7, 11) is 0. The van der Waals surface area contributed by atoms with Crippen molar-refractivity contribution in [1.29, 1.82) is 5.26 Å². The van der Waals surface area contributed by atoms with Gasteiger partial charge in [-0.15, -0.1) is 0 Å². The maximum absolute atomic E-state index is 12.0. The summed E-state index contributed by atoms with van der Waals surface area (Å²) >= 11 is 0. The average molecular weight is 998 g/mol. The largest absolute Gasteiger partial charge is 0.374 e. The van der Waals surface area contributed by atoms with E-state index in [1.807, 2.05) is 200 Å². The molecule has 0 aromatic heterocycles. The Morgan fingerprint density at radius 3 is 1.15 bits per heavy atom. The molecule has 382 valence electrons. The van der Waals surface area contributed by atoms with E-state index in [9.17, 15) is 10.4 Å².